The molecule has 0 fully saturated rings. The molecule has 0 radical (unpaired) electrons. The van der Waals surface area contributed by atoms with Crippen molar-refractivity contribution in [3.8, 4) is 11.5 Å². The van der Waals surface area contributed by atoms with Gasteiger partial charge in [0.15, 0.2) is 11.4 Å². The largest absolute Gasteiger partial charge is 0.573 e. The Labute approximate surface area is 197 Å². The summed E-state index contributed by atoms with van der Waals surface area (Å²) in [6.07, 6.45) is -2.23. The number of allylic oxidation sites excluding steroid dienone is 1. The van der Waals surface area contributed by atoms with Crippen molar-refractivity contribution in [2.24, 2.45) is 0 Å². The number of alkyl halides is 3. The van der Waals surface area contributed by atoms with Gasteiger partial charge < -0.3 is 14.2 Å². The highest BCUT2D eigenvalue weighted by atomic mass is 19.4. The predicted molar refractivity (Wildman–Crippen MR) is 123 cm³/mol. The second-order valence-electron chi connectivity index (χ2n) is 9.34. The Balaban J connectivity index is 2.24. The van der Waals surface area contributed by atoms with E-state index in [9.17, 15) is 22.8 Å². The van der Waals surface area contributed by atoms with E-state index >= 15 is 0 Å². The van der Waals surface area contributed by atoms with Crippen molar-refractivity contribution in [3.63, 3.8) is 0 Å². The molecule has 0 atom stereocenters. The lowest BCUT2D eigenvalue weighted by Gasteiger charge is -2.30. The van der Waals surface area contributed by atoms with E-state index < -0.39 is 35.1 Å². The van der Waals surface area contributed by atoms with Gasteiger partial charge in [-0.25, -0.2) is 4.79 Å². The number of esters is 1. The number of para-hydroxylation sites is 1. The Hall–Kier alpha value is -3.29. The third-order valence-electron chi connectivity index (χ3n) is 4.54. The van der Waals surface area contributed by atoms with Gasteiger partial charge in [0, 0.05) is 0 Å². The number of aryl methyl sites for hydroxylation is 2. The van der Waals surface area contributed by atoms with Gasteiger partial charge in [0.2, 0.25) is 0 Å². The summed E-state index contributed by atoms with van der Waals surface area (Å²) in [5.74, 6) is -1.21. The van der Waals surface area contributed by atoms with Gasteiger partial charge in [0.1, 0.15) is 17.1 Å². The molecule has 0 amide bonds. The molecule has 0 bridgehead atoms. The molecule has 0 aliphatic carbocycles. The number of ketones is 1. The first kappa shape index (κ1) is 27.0. The number of benzene rings is 2. The molecule has 0 aromatic heterocycles. The normalized spacial score (nSPS) is 12.5. The zero-order valence-electron chi connectivity index (χ0n) is 20.3. The predicted octanol–water partition coefficient (Wildman–Crippen LogP) is 6.60. The maximum atomic E-state index is 12.6. The van der Waals surface area contributed by atoms with E-state index in [0.717, 1.165) is 6.07 Å². The second kappa shape index (κ2) is 9.91. The Morgan fingerprint density at radius 1 is 0.882 bits per heavy atom. The standard InChI is InChI=1S/C26H29F3O5/c1-16-14-18(12-13-20(30)19-10-8-9-11-21(19)32-26(27,28)29)15-17(2)22(16)33-25(6,7)23(31)34-24(3,4)5/h8-15H,1-7H3. The van der Waals surface area contributed by atoms with Gasteiger partial charge in [-0.15, -0.1) is 13.2 Å². The Morgan fingerprint density at radius 2 is 1.44 bits per heavy atom. The molecule has 0 spiro atoms. The van der Waals surface area contributed by atoms with Crippen molar-refractivity contribution in [3.05, 3.63) is 64.7 Å². The van der Waals surface area contributed by atoms with E-state index in [0.29, 0.717) is 22.4 Å². The summed E-state index contributed by atoms with van der Waals surface area (Å²) in [6.45, 7) is 12.1. The van der Waals surface area contributed by atoms with E-state index in [1.165, 1.54) is 30.4 Å². The SMILES string of the molecule is Cc1cc(C=CC(=O)c2ccccc2OC(F)(F)F)cc(C)c1OC(C)(C)C(=O)OC(C)(C)C. The van der Waals surface area contributed by atoms with Crippen LogP contribution >= 0.6 is 0 Å². The lowest BCUT2D eigenvalue weighted by atomic mass is 10.0. The van der Waals surface area contributed by atoms with E-state index in [1.807, 2.05) is 0 Å². The zero-order valence-corrected chi connectivity index (χ0v) is 20.3. The van der Waals surface area contributed by atoms with Crippen LogP contribution in [0.5, 0.6) is 11.5 Å². The fraction of sp³-hybridized carbons (Fsp3) is 0.385. The summed E-state index contributed by atoms with van der Waals surface area (Å²) < 4.78 is 53.2. The van der Waals surface area contributed by atoms with Crippen LogP contribution < -0.4 is 9.47 Å². The molecule has 0 unspecified atom stereocenters. The number of hydrogen-bond acceptors (Lipinski definition) is 5. The van der Waals surface area contributed by atoms with Gasteiger partial charge in [-0.1, -0.05) is 18.2 Å². The van der Waals surface area contributed by atoms with Crippen LogP contribution in [0, 0.1) is 13.8 Å². The molecule has 184 valence electrons. The number of ether oxygens (including phenoxy) is 3. The summed E-state index contributed by atoms with van der Waals surface area (Å²) >= 11 is 0. The number of hydrogen-bond donors (Lipinski definition) is 0. The summed E-state index contributed by atoms with van der Waals surface area (Å²) in [7, 11) is 0. The van der Waals surface area contributed by atoms with Crippen LogP contribution in [0.15, 0.2) is 42.5 Å². The summed E-state index contributed by atoms with van der Waals surface area (Å²) in [4.78, 5) is 25.1. The molecule has 34 heavy (non-hydrogen) atoms. The molecule has 0 aliphatic rings. The Morgan fingerprint density at radius 3 is 1.97 bits per heavy atom. The number of carbonyl (C=O) groups is 2. The Bertz CT molecular complexity index is 1070. The number of carbonyl (C=O) groups excluding carboxylic acids is 2. The van der Waals surface area contributed by atoms with Crippen LogP contribution in [0.1, 0.15) is 61.7 Å². The van der Waals surface area contributed by atoms with Crippen LogP contribution in [0.3, 0.4) is 0 Å². The molecule has 0 saturated carbocycles. The molecule has 0 heterocycles. The van der Waals surface area contributed by atoms with Gasteiger partial charge in [0.25, 0.3) is 0 Å². The van der Waals surface area contributed by atoms with Crippen LogP contribution in [0.2, 0.25) is 0 Å². The molecule has 2 aromatic rings. The van der Waals surface area contributed by atoms with E-state index in [1.54, 1.807) is 60.6 Å². The molecular formula is C26H29F3O5. The van der Waals surface area contributed by atoms with E-state index in [2.05, 4.69) is 4.74 Å². The number of rotatable bonds is 7. The minimum atomic E-state index is -4.91. The van der Waals surface area contributed by atoms with E-state index in [4.69, 9.17) is 9.47 Å². The monoisotopic (exact) mass is 478 g/mol. The second-order valence-corrected chi connectivity index (χ2v) is 9.34. The van der Waals surface area contributed by atoms with Crippen molar-refractivity contribution in [2.75, 3.05) is 0 Å². The van der Waals surface area contributed by atoms with Crippen LogP contribution in [-0.4, -0.2) is 29.3 Å². The van der Waals surface area contributed by atoms with Crippen molar-refractivity contribution in [1.29, 1.82) is 0 Å². The molecule has 2 rings (SSSR count). The molecule has 8 heteroatoms. The smallest absolute Gasteiger partial charge is 0.476 e. The van der Waals surface area contributed by atoms with Gasteiger partial charge in [-0.2, -0.15) is 0 Å². The quantitative estimate of drug-likeness (QED) is 0.255. The maximum Gasteiger partial charge on any atom is 0.573 e. The fourth-order valence-corrected chi connectivity index (χ4v) is 3.08. The first-order valence-electron chi connectivity index (χ1n) is 10.6. The third-order valence-corrected chi connectivity index (χ3v) is 4.54. The fourth-order valence-electron chi connectivity index (χ4n) is 3.08. The lowest BCUT2D eigenvalue weighted by Crippen LogP contribution is -2.43. The molecule has 0 N–H and O–H groups in total. The van der Waals surface area contributed by atoms with Gasteiger partial charge in [-0.05, 0) is 95.5 Å². The molecule has 5 nitrogen and oxygen atoms in total. The van der Waals surface area contributed by atoms with Crippen molar-refractivity contribution in [1.82, 2.24) is 0 Å². The molecule has 2 aromatic carbocycles. The summed E-state index contributed by atoms with van der Waals surface area (Å²) in [6, 6.07) is 8.65. The van der Waals surface area contributed by atoms with Gasteiger partial charge in [0.05, 0.1) is 5.56 Å². The van der Waals surface area contributed by atoms with Crippen LogP contribution in [0.4, 0.5) is 13.2 Å². The van der Waals surface area contributed by atoms with Crippen molar-refractivity contribution < 1.29 is 37.0 Å². The first-order valence-corrected chi connectivity index (χ1v) is 10.6. The zero-order chi connectivity index (χ0) is 25.9. The van der Waals surface area contributed by atoms with Gasteiger partial charge >= 0.3 is 12.3 Å². The average molecular weight is 479 g/mol. The van der Waals surface area contributed by atoms with Crippen molar-refractivity contribution >= 4 is 17.8 Å². The van der Waals surface area contributed by atoms with Crippen molar-refractivity contribution in [2.45, 2.75) is 66.0 Å². The average Bonchev–Trinajstić information content (AvgIpc) is 2.67. The highest BCUT2D eigenvalue weighted by Gasteiger charge is 2.35. The summed E-state index contributed by atoms with van der Waals surface area (Å²) in [5, 5.41) is 0. The minimum absolute atomic E-state index is 0.205. The van der Waals surface area contributed by atoms with Crippen LogP contribution in [-0.2, 0) is 9.53 Å². The highest BCUT2D eigenvalue weighted by Crippen LogP contribution is 2.31. The molecular weight excluding hydrogens is 449 g/mol. The summed E-state index contributed by atoms with van der Waals surface area (Å²) in [5.41, 5.74) is -0.0388. The number of halogens is 3. The maximum absolute atomic E-state index is 12.6. The van der Waals surface area contributed by atoms with Gasteiger partial charge in [-0.3, -0.25) is 4.79 Å². The third kappa shape index (κ3) is 7.64. The van der Waals surface area contributed by atoms with E-state index in [-0.39, 0.29) is 5.56 Å². The minimum Gasteiger partial charge on any atom is -0.476 e. The van der Waals surface area contributed by atoms with Crippen LogP contribution in [0.25, 0.3) is 6.08 Å². The molecule has 0 aliphatic heterocycles. The lowest BCUT2D eigenvalue weighted by molar-refractivity contribution is -0.274. The highest BCUT2D eigenvalue weighted by molar-refractivity contribution is 6.08. The Kier molecular flexibility index (Phi) is 7.86. The topological polar surface area (TPSA) is 61.8 Å². The first-order chi connectivity index (χ1) is 15.5. The molecule has 0 saturated heterocycles.